The molecule has 3 nitrogen and oxygen atoms in total. The van der Waals surface area contributed by atoms with Crippen LogP contribution in [0.15, 0.2) is 16.7 Å². The van der Waals surface area contributed by atoms with Gasteiger partial charge in [-0.2, -0.15) is 0 Å². The molecule has 4 heteroatoms. The number of nitrogens with zero attached hydrogens (tertiary/aromatic N) is 3. The third-order valence-electron chi connectivity index (χ3n) is 3.35. The second-order valence-electron chi connectivity index (χ2n) is 4.41. The predicted octanol–water partition coefficient (Wildman–Crippen LogP) is 3.32. The zero-order chi connectivity index (χ0) is 11.1. The summed E-state index contributed by atoms with van der Waals surface area (Å²) < 4.78 is 2.90. The van der Waals surface area contributed by atoms with Gasteiger partial charge in [-0.1, -0.05) is 13.3 Å². The summed E-state index contributed by atoms with van der Waals surface area (Å²) in [5.41, 5.74) is 2.26. The maximum Gasteiger partial charge on any atom is 0.157 e. The van der Waals surface area contributed by atoms with Crippen molar-refractivity contribution < 1.29 is 0 Å². The minimum Gasteiger partial charge on any atom is -0.212 e. The van der Waals surface area contributed by atoms with Crippen LogP contribution >= 0.6 is 15.9 Å². The van der Waals surface area contributed by atoms with Crippen molar-refractivity contribution >= 4 is 21.6 Å². The van der Waals surface area contributed by atoms with E-state index in [2.05, 4.69) is 45.1 Å². The first-order valence-corrected chi connectivity index (χ1v) is 6.62. The van der Waals surface area contributed by atoms with Crippen molar-refractivity contribution in [3.05, 3.63) is 28.1 Å². The monoisotopic (exact) mass is 279 g/mol. The van der Waals surface area contributed by atoms with Crippen molar-refractivity contribution in [2.24, 2.45) is 0 Å². The van der Waals surface area contributed by atoms with Gasteiger partial charge in [0, 0.05) is 5.92 Å². The first-order valence-electron chi connectivity index (χ1n) is 5.83. The molecule has 1 aliphatic carbocycles. The summed E-state index contributed by atoms with van der Waals surface area (Å²) in [5.74, 6) is 1.61. The van der Waals surface area contributed by atoms with E-state index < -0.39 is 0 Å². The van der Waals surface area contributed by atoms with Crippen molar-refractivity contribution in [3.8, 4) is 0 Å². The van der Waals surface area contributed by atoms with Crippen LogP contribution in [0.4, 0.5) is 0 Å². The van der Waals surface area contributed by atoms with E-state index in [0.29, 0.717) is 5.92 Å². The van der Waals surface area contributed by atoms with Gasteiger partial charge in [-0.3, -0.25) is 0 Å². The largest absolute Gasteiger partial charge is 0.212 e. The zero-order valence-electron chi connectivity index (χ0n) is 9.28. The molecule has 0 spiro atoms. The molecule has 84 valence electrons. The maximum absolute atomic E-state index is 4.63. The second kappa shape index (κ2) is 3.84. The molecule has 0 amide bonds. The Balaban J connectivity index is 2.12. The average Bonchev–Trinajstić information content (AvgIpc) is 2.58. The minimum atomic E-state index is 0.594. The van der Waals surface area contributed by atoms with Crippen molar-refractivity contribution in [1.29, 1.82) is 0 Å². The highest BCUT2D eigenvalue weighted by Gasteiger charge is 2.24. The van der Waals surface area contributed by atoms with Gasteiger partial charge >= 0.3 is 0 Å². The van der Waals surface area contributed by atoms with E-state index in [1.807, 2.05) is 4.52 Å². The van der Waals surface area contributed by atoms with Crippen LogP contribution in [0.25, 0.3) is 5.65 Å². The van der Waals surface area contributed by atoms with Crippen LogP contribution in [0.1, 0.15) is 43.5 Å². The van der Waals surface area contributed by atoms with E-state index in [0.717, 1.165) is 22.5 Å². The quantitative estimate of drug-likeness (QED) is 0.790. The summed E-state index contributed by atoms with van der Waals surface area (Å²) in [4.78, 5) is 4.63. The van der Waals surface area contributed by atoms with Crippen LogP contribution < -0.4 is 0 Å². The number of pyridine rings is 1. The van der Waals surface area contributed by atoms with E-state index in [1.165, 1.54) is 24.8 Å². The van der Waals surface area contributed by atoms with Crippen LogP contribution in [-0.4, -0.2) is 14.6 Å². The molecule has 16 heavy (non-hydrogen) atoms. The van der Waals surface area contributed by atoms with Gasteiger partial charge in [0.15, 0.2) is 11.5 Å². The summed E-state index contributed by atoms with van der Waals surface area (Å²) in [7, 11) is 0. The fourth-order valence-corrected chi connectivity index (χ4v) is 2.61. The Bertz CT molecular complexity index is 528. The van der Waals surface area contributed by atoms with Crippen molar-refractivity contribution in [1.82, 2.24) is 14.6 Å². The number of fused-ring (bicyclic) bond motifs is 1. The number of hydrogen-bond donors (Lipinski definition) is 0. The van der Waals surface area contributed by atoms with Gasteiger partial charge in [-0.15, -0.1) is 5.10 Å². The molecule has 0 unspecified atom stereocenters. The topological polar surface area (TPSA) is 30.2 Å². The lowest BCUT2D eigenvalue weighted by molar-refractivity contribution is 0.401. The lowest BCUT2D eigenvalue weighted by Crippen LogP contribution is -2.10. The summed E-state index contributed by atoms with van der Waals surface area (Å²) in [6.07, 6.45) is 4.84. The van der Waals surface area contributed by atoms with E-state index >= 15 is 0 Å². The molecule has 0 aromatic carbocycles. The standard InChI is InChI=1S/C12H14BrN3/c1-2-8-6-10(13)16-11(7-8)14-12(15-16)9-4-3-5-9/h6-7,9H,2-5H2,1H3. The number of hydrogen-bond acceptors (Lipinski definition) is 2. The fourth-order valence-electron chi connectivity index (χ4n) is 2.06. The Morgan fingerprint density at radius 3 is 2.88 bits per heavy atom. The van der Waals surface area contributed by atoms with Gasteiger partial charge in [0.25, 0.3) is 0 Å². The van der Waals surface area contributed by atoms with Crippen LogP contribution in [-0.2, 0) is 6.42 Å². The van der Waals surface area contributed by atoms with Gasteiger partial charge in [-0.25, -0.2) is 9.50 Å². The first-order chi connectivity index (χ1) is 7.78. The minimum absolute atomic E-state index is 0.594. The molecule has 0 N–H and O–H groups in total. The van der Waals surface area contributed by atoms with Gasteiger partial charge < -0.3 is 0 Å². The number of halogens is 1. The summed E-state index contributed by atoms with van der Waals surface area (Å²) in [6, 6.07) is 4.24. The highest BCUT2D eigenvalue weighted by molar-refractivity contribution is 9.10. The molecule has 1 saturated carbocycles. The highest BCUT2D eigenvalue weighted by atomic mass is 79.9. The highest BCUT2D eigenvalue weighted by Crippen LogP contribution is 2.34. The first kappa shape index (κ1) is 10.3. The zero-order valence-corrected chi connectivity index (χ0v) is 10.9. The predicted molar refractivity (Wildman–Crippen MR) is 66.7 cm³/mol. The summed E-state index contributed by atoms with van der Waals surface area (Å²) >= 11 is 3.55. The molecule has 2 heterocycles. The molecule has 0 saturated heterocycles. The summed E-state index contributed by atoms with van der Waals surface area (Å²) in [5, 5.41) is 4.57. The SMILES string of the molecule is CCc1cc(Br)n2nc(C3CCC3)nc2c1. The van der Waals surface area contributed by atoms with E-state index in [9.17, 15) is 0 Å². The molecule has 1 fully saturated rings. The van der Waals surface area contributed by atoms with Crippen molar-refractivity contribution in [2.45, 2.75) is 38.5 Å². The molecular formula is C12H14BrN3. The number of aryl methyl sites for hydroxylation is 1. The molecule has 1 aliphatic rings. The van der Waals surface area contributed by atoms with E-state index in [1.54, 1.807) is 0 Å². The smallest absolute Gasteiger partial charge is 0.157 e. The van der Waals surface area contributed by atoms with Crippen molar-refractivity contribution in [2.75, 3.05) is 0 Å². The lowest BCUT2D eigenvalue weighted by atomic mass is 9.85. The lowest BCUT2D eigenvalue weighted by Gasteiger charge is -2.21. The molecule has 0 aliphatic heterocycles. The molecule has 0 radical (unpaired) electrons. The van der Waals surface area contributed by atoms with Gasteiger partial charge in [0.05, 0.1) is 0 Å². The molecule has 3 rings (SSSR count). The van der Waals surface area contributed by atoms with Crippen LogP contribution in [0.2, 0.25) is 0 Å². The molecular weight excluding hydrogens is 266 g/mol. The fraction of sp³-hybridized carbons (Fsp3) is 0.500. The molecule has 2 aromatic heterocycles. The third-order valence-corrected chi connectivity index (χ3v) is 3.91. The maximum atomic E-state index is 4.63. The van der Waals surface area contributed by atoms with E-state index in [4.69, 9.17) is 0 Å². The third kappa shape index (κ3) is 1.56. The second-order valence-corrected chi connectivity index (χ2v) is 5.22. The molecule has 0 bridgehead atoms. The Morgan fingerprint density at radius 2 is 2.25 bits per heavy atom. The Morgan fingerprint density at radius 1 is 1.44 bits per heavy atom. The van der Waals surface area contributed by atoms with Crippen molar-refractivity contribution in [3.63, 3.8) is 0 Å². The Kier molecular flexibility index (Phi) is 2.46. The molecule has 2 aromatic rings. The number of aromatic nitrogens is 3. The van der Waals surface area contributed by atoms with Crippen LogP contribution in [0.5, 0.6) is 0 Å². The van der Waals surface area contributed by atoms with Crippen LogP contribution in [0.3, 0.4) is 0 Å². The van der Waals surface area contributed by atoms with Gasteiger partial charge in [0.1, 0.15) is 4.60 Å². The Hall–Kier alpha value is -0.900. The Labute approximate surface area is 103 Å². The normalized spacial score (nSPS) is 16.6. The number of rotatable bonds is 2. The molecule has 0 atom stereocenters. The summed E-state index contributed by atoms with van der Waals surface area (Å²) in [6.45, 7) is 2.15. The van der Waals surface area contributed by atoms with E-state index in [-0.39, 0.29) is 0 Å². The van der Waals surface area contributed by atoms with Crippen LogP contribution in [0, 0.1) is 0 Å². The average molecular weight is 280 g/mol. The van der Waals surface area contributed by atoms with Gasteiger partial charge in [-0.05, 0) is 52.9 Å². The van der Waals surface area contributed by atoms with Gasteiger partial charge in [0.2, 0.25) is 0 Å².